The number of carbonyl (C=O) groups excluding carboxylic acids is 2. The van der Waals surface area contributed by atoms with E-state index >= 15 is 0 Å². The summed E-state index contributed by atoms with van der Waals surface area (Å²) in [6.07, 6.45) is 11.0. The molecule has 4 nitrogen and oxygen atoms in total. The maximum absolute atomic E-state index is 12.4. The lowest BCUT2D eigenvalue weighted by Gasteiger charge is -2.21. The molecule has 0 bridgehead atoms. The standard InChI is InChI=1S/C24H39NO3/c1-5-6-7-8-9-10-11-12-13-17-28-24(27)22(19(2)3)25-23(26)21-16-14-15-20(4)18-21/h14-16,18-19,22H,5-13,17H2,1-4H3,(H,25,26). The van der Waals surface area contributed by atoms with Crippen LogP contribution in [0.15, 0.2) is 24.3 Å². The number of hydrogen-bond donors (Lipinski definition) is 1. The van der Waals surface area contributed by atoms with Gasteiger partial charge in [-0.15, -0.1) is 0 Å². The number of rotatable bonds is 14. The number of nitrogens with one attached hydrogen (secondary N) is 1. The van der Waals surface area contributed by atoms with Gasteiger partial charge in [0.05, 0.1) is 6.61 Å². The lowest BCUT2D eigenvalue weighted by Crippen LogP contribution is -2.45. The Labute approximate surface area is 171 Å². The summed E-state index contributed by atoms with van der Waals surface area (Å²) in [6.45, 7) is 8.44. The summed E-state index contributed by atoms with van der Waals surface area (Å²) in [5.74, 6) is -0.595. The Morgan fingerprint density at radius 1 is 0.964 bits per heavy atom. The largest absolute Gasteiger partial charge is 0.464 e. The third-order valence-corrected chi connectivity index (χ3v) is 4.98. The molecular formula is C24H39NO3. The smallest absolute Gasteiger partial charge is 0.328 e. The average molecular weight is 390 g/mol. The maximum atomic E-state index is 12.4. The highest BCUT2D eigenvalue weighted by molar-refractivity contribution is 5.97. The number of benzene rings is 1. The summed E-state index contributed by atoms with van der Waals surface area (Å²) >= 11 is 0. The molecule has 0 heterocycles. The molecule has 0 spiro atoms. The van der Waals surface area contributed by atoms with Gasteiger partial charge in [-0.05, 0) is 31.4 Å². The van der Waals surface area contributed by atoms with E-state index in [1.54, 1.807) is 6.07 Å². The van der Waals surface area contributed by atoms with E-state index in [1.165, 1.54) is 44.9 Å². The molecule has 0 aliphatic carbocycles. The second-order valence-electron chi connectivity index (χ2n) is 8.06. The van der Waals surface area contributed by atoms with Crippen molar-refractivity contribution in [2.24, 2.45) is 5.92 Å². The van der Waals surface area contributed by atoms with Gasteiger partial charge in [-0.3, -0.25) is 4.79 Å². The third-order valence-electron chi connectivity index (χ3n) is 4.98. The molecule has 1 unspecified atom stereocenters. The van der Waals surface area contributed by atoms with Gasteiger partial charge < -0.3 is 10.1 Å². The number of esters is 1. The lowest BCUT2D eigenvalue weighted by atomic mass is 10.0. The highest BCUT2D eigenvalue weighted by atomic mass is 16.5. The molecule has 0 saturated carbocycles. The molecule has 28 heavy (non-hydrogen) atoms. The summed E-state index contributed by atoms with van der Waals surface area (Å²) in [7, 11) is 0. The van der Waals surface area contributed by atoms with E-state index in [0.29, 0.717) is 12.2 Å². The van der Waals surface area contributed by atoms with Gasteiger partial charge in [0.1, 0.15) is 6.04 Å². The van der Waals surface area contributed by atoms with Crippen LogP contribution in [-0.2, 0) is 9.53 Å². The average Bonchev–Trinajstić information content (AvgIpc) is 2.66. The third kappa shape index (κ3) is 9.91. The zero-order valence-corrected chi connectivity index (χ0v) is 18.3. The summed E-state index contributed by atoms with van der Waals surface area (Å²) in [6, 6.07) is 6.74. The number of aryl methyl sites for hydroxylation is 1. The van der Waals surface area contributed by atoms with E-state index in [-0.39, 0.29) is 17.8 Å². The van der Waals surface area contributed by atoms with Crippen LogP contribution in [0.5, 0.6) is 0 Å². The van der Waals surface area contributed by atoms with Crippen molar-refractivity contribution in [1.82, 2.24) is 5.32 Å². The quantitative estimate of drug-likeness (QED) is 0.322. The van der Waals surface area contributed by atoms with Crippen molar-refractivity contribution in [3.05, 3.63) is 35.4 Å². The van der Waals surface area contributed by atoms with Crippen LogP contribution in [0.3, 0.4) is 0 Å². The predicted molar refractivity (Wildman–Crippen MR) is 115 cm³/mol. The van der Waals surface area contributed by atoms with Gasteiger partial charge in [0.2, 0.25) is 0 Å². The van der Waals surface area contributed by atoms with Crippen LogP contribution in [0.2, 0.25) is 0 Å². The highest BCUT2D eigenvalue weighted by Gasteiger charge is 2.26. The number of unbranched alkanes of at least 4 members (excludes halogenated alkanes) is 8. The minimum absolute atomic E-state index is 0.0237. The van der Waals surface area contributed by atoms with Crippen LogP contribution in [-0.4, -0.2) is 24.5 Å². The number of amides is 1. The van der Waals surface area contributed by atoms with Crippen LogP contribution >= 0.6 is 0 Å². The van der Waals surface area contributed by atoms with Gasteiger partial charge in [-0.2, -0.15) is 0 Å². The molecule has 1 amide bonds. The molecule has 1 N–H and O–H groups in total. The zero-order valence-electron chi connectivity index (χ0n) is 18.3. The highest BCUT2D eigenvalue weighted by Crippen LogP contribution is 2.11. The van der Waals surface area contributed by atoms with Crippen LogP contribution in [0.4, 0.5) is 0 Å². The molecular weight excluding hydrogens is 350 g/mol. The minimum Gasteiger partial charge on any atom is -0.464 e. The van der Waals surface area contributed by atoms with E-state index < -0.39 is 6.04 Å². The van der Waals surface area contributed by atoms with E-state index in [1.807, 2.05) is 39.0 Å². The molecule has 1 aromatic carbocycles. The number of hydrogen-bond acceptors (Lipinski definition) is 3. The van der Waals surface area contributed by atoms with Crippen molar-refractivity contribution in [1.29, 1.82) is 0 Å². The Bertz CT molecular complexity index is 583. The summed E-state index contributed by atoms with van der Waals surface area (Å²) in [4.78, 5) is 24.9. The fraction of sp³-hybridized carbons (Fsp3) is 0.667. The topological polar surface area (TPSA) is 55.4 Å². The molecule has 1 atom stereocenters. The number of carbonyl (C=O) groups is 2. The van der Waals surface area contributed by atoms with Crippen molar-refractivity contribution in [2.75, 3.05) is 6.61 Å². The van der Waals surface area contributed by atoms with E-state index in [4.69, 9.17) is 4.74 Å². The molecule has 0 aliphatic heterocycles. The Hall–Kier alpha value is -1.84. The molecule has 0 radical (unpaired) electrons. The first kappa shape index (κ1) is 24.2. The Balaban J connectivity index is 2.28. The van der Waals surface area contributed by atoms with Crippen molar-refractivity contribution >= 4 is 11.9 Å². The van der Waals surface area contributed by atoms with Crippen LogP contribution < -0.4 is 5.32 Å². The van der Waals surface area contributed by atoms with Crippen LogP contribution in [0.1, 0.15) is 94.5 Å². The van der Waals surface area contributed by atoms with Crippen LogP contribution in [0, 0.1) is 12.8 Å². The fourth-order valence-electron chi connectivity index (χ4n) is 3.18. The predicted octanol–water partition coefficient (Wildman–Crippen LogP) is 5.82. The molecule has 158 valence electrons. The molecule has 4 heteroatoms. The van der Waals surface area contributed by atoms with Gasteiger partial charge in [0.15, 0.2) is 0 Å². The first-order valence-electron chi connectivity index (χ1n) is 11.0. The molecule has 0 aromatic heterocycles. The van der Waals surface area contributed by atoms with Crippen LogP contribution in [0.25, 0.3) is 0 Å². The zero-order chi connectivity index (χ0) is 20.8. The second-order valence-corrected chi connectivity index (χ2v) is 8.06. The van der Waals surface area contributed by atoms with E-state index in [0.717, 1.165) is 18.4 Å². The summed E-state index contributed by atoms with van der Waals surface area (Å²) < 4.78 is 5.43. The summed E-state index contributed by atoms with van der Waals surface area (Å²) in [5.41, 5.74) is 1.58. The Kier molecular flexibility index (Phi) is 12.3. The van der Waals surface area contributed by atoms with Gasteiger partial charge in [0, 0.05) is 5.56 Å². The molecule has 0 aliphatic rings. The van der Waals surface area contributed by atoms with Gasteiger partial charge in [0.25, 0.3) is 5.91 Å². The van der Waals surface area contributed by atoms with Crippen molar-refractivity contribution in [2.45, 2.75) is 91.5 Å². The van der Waals surface area contributed by atoms with Crippen molar-refractivity contribution in [3.8, 4) is 0 Å². The molecule has 0 saturated heterocycles. The number of ether oxygens (including phenoxy) is 1. The maximum Gasteiger partial charge on any atom is 0.328 e. The second kappa shape index (κ2) is 14.2. The van der Waals surface area contributed by atoms with Gasteiger partial charge >= 0.3 is 5.97 Å². The normalized spacial score (nSPS) is 12.0. The SMILES string of the molecule is CCCCCCCCCCCOC(=O)C(NC(=O)c1cccc(C)c1)C(C)C. The van der Waals surface area contributed by atoms with Crippen molar-refractivity contribution < 1.29 is 14.3 Å². The molecule has 1 rings (SSSR count). The van der Waals surface area contributed by atoms with E-state index in [2.05, 4.69) is 12.2 Å². The Morgan fingerprint density at radius 3 is 2.14 bits per heavy atom. The molecule has 1 aromatic rings. The van der Waals surface area contributed by atoms with Gasteiger partial charge in [-0.1, -0.05) is 89.8 Å². The summed E-state index contributed by atoms with van der Waals surface area (Å²) in [5, 5.41) is 2.83. The first-order valence-corrected chi connectivity index (χ1v) is 11.0. The van der Waals surface area contributed by atoms with Crippen molar-refractivity contribution in [3.63, 3.8) is 0 Å². The minimum atomic E-state index is -0.619. The van der Waals surface area contributed by atoms with Gasteiger partial charge in [-0.25, -0.2) is 4.79 Å². The lowest BCUT2D eigenvalue weighted by molar-refractivity contribution is -0.147. The van der Waals surface area contributed by atoms with E-state index in [9.17, 15) is 9.59 Å². The first-order chi connectivity index (χ1) is 13.5. The fourth-order valence-corrected chi connectivity index (χ4v) is 3.18. The monoisotopic (exact) mass is 389 g/mol. The molecule has 0 fully saturated rings. The Morgan fingerprint density at radius 2 is 1.57 bits per heavy atom.